The molecule has 81 valence electrons. The van der Waals surface area contributed by atoms with Crippen LogP contribution < -0.4 is 4.46 Å². The summed E-state index contributed by atoms with van der Waals surface area (Å²) >= 11 is 3.11. The van der Waals surface area contributed by atoms with Gasteiger partial charge in [0.05, 0.1) is 0 Å². The number of benzene rings is 2. The second-order valence-electron chi connectivity index (χ2n) is 4.27. The molecule has 0 bridgehead atoms. The third kappa shape index (κ3) is 2.37. The van der Waals surface area contributed by atoms with Gasteiger partial charge in [0.15, 0.2) is 0 Å². The van der Waals surface area contributed by atoms with Gasteiger partial charge in [-0.05, 0) is 0 Å². The predicted octanol–water partition coefficient (Wildman–Crippen LogP) is 3.27. The molecule has 0 spiro atoms. The number of hydrogen-bond donors (Lipinski definition) is 0. The summed E-state index contributed by atoms with van der Waals surface area (Å²) in [6.07, 6.45) is 0. The van der Waals surface area contributed by atoms with Crippen molar-refractivity contribution in [2.75, 3.05) is 0 Å². The van der Waals surface area contributed by atoms with Crippen LogP contribution in [0.4, 0.5) is 0 Å². The van der Waals surface area contributed by atoms with Crippen molar-refractivity contribution in [2.45, 2.75) is 19.8 Å². The van der Waals surface area contributed by atoms with E-state index in [-0.39, 0.29) is 0 Å². The van der Waals surface area contributed by atoms with Gasteiger partial charge >= 0.3 is 105 Å². The Hall–Kier alpha value is -1.04. The summed E-state index contributed by atoms with van der Waals surface area (Å²) in [5, 5.41) is 0. The van der Waals surface area contributed by atoms with Gasteiger partial charge in [0.1, 0.15) is 0 Å². The maximum atomic E-state index is 3.11. The quantitative estimate of drug-likeness (QED) is 0.737. The molecule has 0 atom stereocenters. The molecule has 0 heterocycles. The first-order valence-electron chi connectivity index (χ1n) is 5.55. The summed E-state index contributed by atoms with van der Waals surface area (Å²) in [4.78, 5) is 0. The zero-order chi connectivity index (χ0) is 11.5. The average Bonchev–Trinajstić information content (AvgIpc) is 2.30. The molecule has 0 saturated heterocycles. The summed E-state index contributed by atoms with van der Waals surface area (Å²) in [5.74, 6) is 0.595. The van der Waals surface area contributed by atoms with Crippen LogP contribution >= 0.6 is 0 Å². The van der Waals surface area contributed by atoms with E-state index >= 15 is 0 Å². The molecule has 0 aliphatic rings. The Morgan fingerprint density at radius 1 is 0.875 bits per heavy atom. The van der Waals surface area contributed by atoms with Crippen molar-refractivity contribution in [2.24, 2.45) is 0 Å². The SMILES string of the molecule is CC(C)c1ccc(-c2ccccc2[Se])cc1. The molecule has 0 saturated carbocycles. The van der Waals surface area contributed by atoms with E-state index < -0.39 is 0 Å². The molecule has 1 heteroatoms. The van der Waals surface area contributed by atoms with E-state index in [2.05, 4.69) is 78.4 Å². The Morgan fingerprint density at radius 2 is 1.50 bits per heavy atom. The first-order valence-corrected chi connectivity index (χ1v) is 6.40. The molecule has 0 nitrogen and oxygen atoms in total. The van der Waals surface area contributed by atoms with E-state index in [1.54, 1.807) is 0 Å². The van der Waals surface area contributed by atoms with E-state index in [0.29, 0.717) is 5.92 Å². The van der Waals surface area contributed by atoms with Crippen LogP contribution in [0.1, 0.15) is 25.3 Å². The van der Waals surface area contributed by atoms with E-state index in [9.17, 15) is 0 Å². The second-order valence-corrected chi connectivity index (χ2v) is 5.20. The number of hydrogen-bond acceptors (Lipinski definition) is 0. The first kappa shape index (κ1) is 11.4. The molecule has 0 unspecified atom stereocenters. The van der Waals surface area contributed by atoms with Crippen LogP contribution in [-0.4, -0.2) is 16.0 Å². The van der Waals surface area contributed by atoms with Gasteiger partial charge in [-0.2, -0.15) is 0 Å². The summed E-state index contributed by atoms with van der Waals surface area (Å²) in [5.41, 5.74) is 3.94. The fraction of sp³-hybridized carbons (Fsp3) is 0.200. The normalized spacial score (nSPS) is 10.7. The standard InChI is InChI=1S/C15H15Se/c1-11(2)12-7-9-13(10-8-12)14-5-3-4-6-15(14)16/h3-11H,1-2H3. The summed E-state index contributed by atoms with van der Waals surface area (Å²) in [7, 11) is 0. The molecule has 1 radical (unpaired) electrons. The molecule has 0 N–H and O–H groups in total. The van der Waals surface area contributed by atoms with Crippen molar-refractivity contribution in [1.29, 1.82) is 0 Å². The van der Waals surface area contributed by atoms with Crippen LogP contribution in [0.15, 0.2) is 48.5 Å². The Balaban J connectivity index is 2.39. The third-order valence-corrected chi connectivity index (χ3v) is 3.52. The van der Waals surface area contributed by atoms with Gasteiger partial charge in [-0.25, -0.2) is 0 Å². The van der Waals surface area contributed by atoms with Crippen molar-refractivity contribution in [3.05, 3.63) is 54.1 Å². The monoisotopic (exact) mass is 275 g/mol. The van der Waals surface area contributed by atoms with Gasteiger partial charge in [0.2, 0.25) is 0 Å². The van der Waals surface area contributed by atoms with Gasteiger partial charge in [-0.1, -0.05) is 0 Å². The summed E-state index contributed by atoms with van der Waals surface area (Å²) in [6.45, 7) is 4.44. The van der Waals surface area contributed by atoms with Crippen LogP contribution in [0, 0.1) is 0 Å². The van der Waals surface area contributed by atoms with Crippen molar-refractivity contribution < 1.29 is 0 Å². The minimum absolute atomic E-state index is 0.595. The Labute approximate surface area is 106 Å². The molecular formula is C15H15Se. The molecular weight excluding hydrogens is 259 g/mol. The van der Waals surface area contributed by atoms with Crippen LogP contribution in [0.5, 0.6) is 0 Å². The van der Waals surface area contributed by atoms with Gasteiger partial charge in [0, 0.05) is 0 Å². The van der Waals surface area contributed by atoms with Crippen LogP contribution in [-0.2, 0) is 0 Å². The van der Waals surface area contributed by atoms with Crippen molar-refractivity contribution in [3.8, 4) is 11.1 Å². The number of rotatable bonds is 2. The molecule has 2 aromatic carbocycles. The van der Waals surface area contributed by atoms with Crippen molar-refractivity contribution in [3.63, 3.8) is 0 Å². The van der Waals surface area contributed by atoms with E-state index in [1.807, 2.05) is 0 Å². The molecule has 2 aromatic rings. The Kier molecular flexibility index (Phi) is 3.48. The van der Waals surface area contributed by atoms with Crippen LogP contribution in [0.3, 0.4) is 0 Å². The topological polar surface area (TPSA) is 0 Å². The zero-order valence-electron chi connectivity index (χ0n) is 9.60. The minimum atomic E-state index is 0.595. The van der Waals surface area contributed by atoms with Gasteiger partial charge < -0.3 is 0 Å². The molecule has 0 amide bonds. The molecule has 2 rings (SSSR count). The Morgan fingerprint density at radius 3 is 2.06 bits per heavy atom. The molecule has 16 heavy (non-hydrogen) atoms. The molecule has 0 fully saturated rings. The van der Waals surface area contributed by atoms with Crippen molar-refractivity contribution >= 4 is 20.5 Å². The van der Waals surface area contributed by atoms with Crippen molar-refractivity contribution in [1.82, 2.24) is 0 Å². The fourth-order valence-electron chi connectivity index (χ4n) is 1.75. The van der Waals surface area contributed by atoms with Gasteiger partial charge in [-0.3, -0.25) is 0 Å². The molecule has 0 aliphatic heterocycles. The van der Waals surface area contributed by atoms with E-state index in [1.165, 1.54) is 21.2 Å². The third-order valence-electron chi connectivity index (χ3n) is 2.78. The van der Waals surface area contributed by atoms with Crippen LogP contribution in [0.25, 0.3) is 11.1 Å². The van der Waals surface area contributed by atoms with Crippen LogP contribution in [0.2, 0.25) is 0 Å². The maximum absolute atomic E-state index is 3.11. The fourth-order valence-corrected chi connectivity index (χ4v) is 2.31. The van der Waals surface area contributed by atoms with E-state index in [0.717, 1.165) is 0 Å². The average molecular weight is 274 g/mol. The summed E-state index contributed by atoms with van der Waals surface area (Å²) < 4.78 is 1.21. The molecule has 0 aliphatic carbocycles. The zero-order valence-corrected chi connectivity index (χ0v) is 11.3. The first-order chi connectivity index (χ1) is 7.68. The summed E-state index contributed by atoms with van der Waals surface area (Å²) in [6, 6.07) is 17.2. The predicted molar refractivity (Wildman–Crippen MR) is 71.4 cm³/mol. The van der Waals surface area contributed by atoms with Gasteiger partial charge in [-0.15, -0.1) is 0 Å². The Bertz CT molecular complexity index is 469. The van der Waals surface area contributed by atoms with Gasteiger partial charge in [0.25, 0.3) is 0 Å². The second kappa shape index (κ2) is 4.86. The van der Waals surface area contributed by atoms with E-state index in [4.69, 9.17) is 0 Å². The molecule has 0 aromatic heterocycles.